The molecule has 1 fully saturated rings. The molecule has 7 heteroatoms. The number of esters is 1. The van der Waals surface area contributed by atoms with Crippen molar-refractivity contribution in [2.75, 3.05) is 32.8 Å². The minimum atomic E-state index is -0.250. The highest BCUT2D eigenvalue weighted by Crippen LogP contribution is 2.18. The van der Waals surface area contributed by atoms with E-state index < -0.39 is 0 Å². The summed E-state index contributed by atoms with van der Waals surface area (Å²) < 4.78 is 4.95. The largest absolute Gasteiger partial charge is 0.466 e. The van der Waals surface area contributed by atoms with Crippen LogP contribution in [0, 0.1) is 0 Å². The lowest BCUT2D eigenvalue weighted by atomic mass is 10.1. The molecule has 0 aromatic rings. The Morgan fingerprint density at radius 1 is 1.39 bits per heavy atom. The lowest BCUT2D eigenvalue weighted by Gasteiger charge is -2.30. The Morgan fingerprint density at radius 2 is 2.09 bits per heavy atom. The van der Waals surface area contributed by atoms with Crippen molar-refractivity contribution in [2.24, 2.45) is 5.73 Å². The summed E-state index contributed by atoms with van der Waals surface area (Å²) in [4.78, 5) is 28.1. The summed E-state index contributed by atoms with van der Waals surface area (Å²) in [5.41, 5.74) is 5.75. The van der Waals surface area contributed by atoms with Crippen LogP contribution < -0.4 is 5.73 Å². The molecule has 1 rings (SSSR count). The van der Waals surface area contributed by atoms with Crippen molar-refractivity contribution in [1.29, 1.82) is 0 Å². The molecule has 0 aromatic heterocycles. The van der Waals surface area contributed by atoms with Crippen LogP contribution in [0.4, 0.5) is 0 Å². The second kappa shape index (κ2) is 11.6. The fourth-order valence-corrected chi connectivity index (χ4v) is 2.95. The average molecular weight is 350 g/mol. The van der Waals surface area contributed by atoms with Gasteiger partial charge >= 0.3 is 5.97 Å². The van der Waals surface area contributed by atoms with Crippen molar-refractivity contribution in [3.63, 3.8) is 0 Å². The molecule has 2 N–H and O–H groups in total. The summed E-state index contributed by atoms with van der Waals surface area (Å²) in [7, 11) is 0. The standard InChI is InChI=1S/C16H31N3O3.ClH/c1-4-18-9-6-7-14(18)12-19(15(20)11-13(3)17)10-8-16(21)22-5-2;/h13-14H,4-12,17H2,1-3H3;1H. The highest BCUT2D eigenvalue weighted by atomic mass is 35.5. The molecule has 2 atom stereocenters. The maximum Gasteiger partial charge on any atom is 0.307 e. The summed E-state index contributed by atoms with van der Waals surface area (Å²) in [6.07, 6.45) is 2.85. The Balaban J connectivity index is 0.00000484. The lowest BCUT2D eigenvalue weighted by Crippen LogP contribution is -2.45. The Bertz CT molecular complexity index is 366. The number of likely N-dealkylation sites (N-methyl/N-ethyl adjacent to an activating group) is 1. The van der Waals surface area contributed by atoms with Gasteiger partial charge in [-0.05, 0) is 39.8 Å². The first kappa shape index (κ1) is 22.1. The van der Waals surface area contributed by atoms with Gasteiger partial charge in [0.2, 0.25) is 5.91 Å². The monoisotopic (exact) mass is 349 g/mol. The number of carbonyl (C=O) groups is 2. The third-order valence-corrected chi connectivity index (χ3v) is 4.08. The van der Waals surface area contributed by atoms with Crippen LogP contribution in [0.5, 0.6) is 0 Å². The van der Waals surface area contributed by atoms with Gasteiger partial charge in [0.1, 0.15) is 0 Å². The van der Waals surface area contributed by atoms with E-state index in [-0.39, 0.29) is 36.7 Å². The minimum Gasteiger partial charge on any atom is -0.466 e. The SMILES string of the molecule is CCOC(=O)CCN(CC1CCCN1CC)C(=O)CC(C)N.Cl. The third-order valence-electron chi connectivity index (χ3n) is 4.08. The zero-order valence-electron chi connectivity index (χ0n) is 14.6. The summed E-state index contributed by atoms with van der Waals surface area (Å²) in [6, 6.07) is 0.229. The molecule has 0 spiro atoms. The van der Waals surface area contributed by atoms with Crippen LogP contribution in [0.15, 0.2) is 0 Å². The molecule has 1 heterocycles. The van der Waals surface area contributed by atoms with Crippen LogP contribution >= 0.6 is 12.4 Å². The minimum absolute atomic E-state index is 0. The van der Waals surface area contributed by atoms with E-state index in [2.05, 4.69) is 11.8 Å². The van der Waals surface area contributed by atoms with Crippen molar-refractivity contribution in [3.05, 3.63) is 0 Å². The topological polar surface area (TPSA) is 75.9 Å². The molecular formula is C16H32ClN3O3. The summed E-state index contributed by atoms with van der Waals surface area (Å²) in [5.74, 6) is -0.220. The van der Waals surface area contributed by atoms with E-state index in [0.29, 0.717) is 32.2 Å². The third kappa shape index (κ3) is 7.99. The number of halogens is 1. The molecule has 1 aliphatic rings. The number of amides is 1. The van der Waals surface area contributed by atoms with Gasteiger partial charge in [-0.15, -0.1) is 12.4 Å². The van der Waals surface area contributed by atoms with Crippen LogP contribution in [-0.4, -0.2) is 66.5 Å². The number of likely N-dealkylation sites (tertiary alicyclic amines) is 1. The molecule has 2 unspecified atom stereocenters. The normalized spacial score (nSPS) is 19.0. The second-order valence-electron chi connectivity index (χ2n) is 6.00. The van der Waals surface area contributed by atoms with Gasteiger partial charge in [-0.2, -0.15) is 0 Å². The first-order valence-corrected chi connectivity index (χ1v) is 8.40. The Kier molecular flexibility index (Phi) is 11.2. The van der Waals surface area contributed by atoms with Crippen molar-refractivity contribution in [1.82, 2.24) is 9.80 Å². The van der Waals surface area contributed by atoms with E-state index in [1.807, 2.05) is 6.92 Å². The Labute approximate surface area is 146 Å². The number of hydrogen-bond acceptors (Lipinski definition) is 5. The van der Waals surface area contributed by atoms with Crippen LogP contribution in [0.25, 0.3) is 0 Å². The number of carbonyl (C=O) groups excluding carboxylic acids is 2. The van der Waals surface area contributed by atoms with Crippen LogP contribution in [-0.2, 0) is 14.3 Å². The molecule has 1 aliphatic heterocycles. The predicted molar refractivity (Wildman–Crippen MR) is 93.6 cm³/mol. The van der Waals surface area contributed by atoms with Crippen molar-refractivity contribution in [2.45, 2.75) is 58.5 Å². The van der Waals surface area contributed by atoms with Gasteiger partial charge < -0.3 is 15.4 Å². The average Bonchev–Trinajstić information content (AvgIpc) is 2.90. The van der Waals surface area contributed by atoms with E-state index in [9.17, 15) is 9.59 Å². The fourth-order valence-electron chi connectivity index (χ4n) is 2.95. The molecule has 6 nitrogen and oxygen atoms in total. The van der Waals surface area contributed by atoms with E-state index in [4.69, 9.17) is 10.5 Å². The highest BCUT2D eigenvalue weighted by Gasteiger charge is 2.27. The van der Waals surface area contributed by atoms with Gasteiger partial charge in [0.05, 0.1) is 13.0 Å². The quantitative estimate of drug-likeness (QED) is 0.637. The zero-order chi connectivity index (χ0) is 16.5. The summed E-state index contributed by atoms with van der Waals surface area (Å²) in [6.45, 7) is 9.32. The molecule has 0 aromatic carbocycles. The number of ether oxygens (including phenoxy) is 1. The number of rotatable bonds is 9. The van der Waals surface area contributed by atoms with Crippen molar-refractivity contribution >= 4 is 24.3 Å². The Hall–Kier alpha value is -0.850. The highest BCUT2D eigenvalue weighted by molar-refractivity contribution is 5.85. The van der Waals surface area contributed by atoms with E-state index in [1.165, 1.54) is 6.42 Å². The molecule has 1 saturated heterocycles. The molecule has 0 bridgehead atoms. The van der Waals surface area contributed by atoms with Gasteiger partial charge in [-0.25, -0.2) is 0 Å². The van der Waals surface area contributed by atoms with Crippen molar-refractivity contribution < 1.29 is 14.3 Å². The second-order valence-corrected chi connectivity index (χ2v) is 6.00. The van der Waals surface area contributed by atoms with Gasteiger partial charge in [0.15, 0.2) is 0 Å². The van der Waals surface area contributed by atoms with Gasteiger partial charge in [-0.1, -0.05) is 6.92 Å². The van der Waals surface area contributed by atoms with Crippen LogP contribution in [0.1, 0.15) is 46.5 Å². The maximum atomic E-state index is 12.4. The van der Waals surface area contributed by atoms with Crippen molar-refractivity contribution in [3.8, 4) is 0 Å². The molecule has 1 amide bonds. The molecule has 0 aliphatic carbocycles. The summed E-state index contributed by atoms with van der Waals surface area (Å²) >= 11 is 0. The molecule has 0 saturated carbocycles. The summed E-state index contributed by atoms with van der Waals surface area (Å²) in [5, 5.41) is 0. The predicted octanol–water partition coefficient (Wildman–Crippen LogP) is 1.41. The van der Waals surface area contributed by atoms with Gasteiger partial charge in [0.25, 0.3) is 0 Å². The zero-order valence-corrected chi connectivity index (χ0v) is 15.4. The van der Waals surface area contributed by atoms with E-state index in [0.717, 1.165) is 19.5 Å². The molecule has 136 valence electrons. The Morgan fingerprint density at radius 3 is 2.65 bits per heavy atom. The van der Waals surface area contributed by atoms with Crippen LogP contribution in [0.2, 0.25) is 0 Å². The fraction of sp³-hybridized carbons (Fsp3) is 0.875. The molecular weight excluding hydrogens is 318 g/mol. The number of nitrogens with two attached hydrogens (primary N) is 1. The maximum absolute atomic E-state index is 12.4. The molecule has 23 heavy (non-hydrogen) atoms. The number of hydrogen-bond donors (Lipinski definition) is 1. The van der Waals surface area contributed by atoms with Gasteiger partial charge in [-0.3, -0.25) is 14.5 Å². The molecule has 0 radical (unpaired) electrons. The van der Waals surface area contributed by atoms with Gasteiger partial charge in [0, 0.05) is 31.6 Å². The van der Waals surface area contributed by atoms with Crippen LogP contribution in [0.3, 0.4) is 0 Å². The lowest BCUT2D eigenvalue weighted by molar-refractivity contribution is -0.144. The smallest absolute Gasteiger partial charge is 0.307 e. The van der Waals surface area contributed by atoms with E-state index in [1.54, 1.807) is 11.8 Å². The first-order chi connectivity index (χ1) is 10.5. The first-order valence-electron chi connectivity index (χ1n) is 8.40. The number of nitrogens with zero attached hydrogens (tertiary/aromatic N) is 2. The van der Waals surface area contributed by atoms with E-state index >= 15 is 0 Å².